The predicted octanol–water partition coefficient (Wildman–Crippen LogP) is 2.85. The molecular formula is C18H18N4O4. The highest BCUT2D eigenvalue weighted by Crippen LogP contribution is 2.15. The summed E-state index contributed by atoms with van der Waals surface area (Å²) in [5.41, 5.74) is 4.34. The smallest absolute Gasteiger partial charge is 0.269 e. The third kappa shape index (κ3) is 5.82. The van der Waals surface area contributed by atoms with Gasteiger partial charge in [0.25, 0.3) is 5.69 Å². The molecule has 2 N–H and O–H groups in total. The van der Waals surface area contributed by atoms with E-state index in [1.807, 2.05) is 30.3 Å². The van der Waals surface area contributed by atoms with Gasteiger partial charge in [-0.3, -0.25) is 19.7 Å². The highest BCUT2D eigenvalue weighted by Gasteiger charge is 2.09. The Morgan fingerprint density at radius 2 is 1.62 bits per heavy atom. The molecule has 2 amide bonds. The van der Waals surface area contributed by atoms with Crippen molar-refractivity contribution in [2.75, 3.05) is 5.32 Å². The summed E-state index contributed by atoms with van der Waals surface area (Å²) in [5, 5.41) is 17.2. The van der Waals surface area contributed by atoms with Crippen molar-refractivity contribution in [3.63, 3.8) is 0 Å². The van der Waals surface area contributed by atoms with Gasteiger partial charge in [-0.2, -0.15) is 5.10 Å². The van der Waals surface area contributed by atoms with Gasteiger partial charge in [-0.05, 0) is 24.6 Å². The summed E-state index contributed by atoms with van der Waals surface area (Å²) in [4.78, 5) is 33.7. The van der Waals surface area contributed by atoms with Crippen molar-refractivity contribution in [2.24, 2.45) is 5.10 Å². The lowest BCUT2D eigenvalue weighted by Crippen LogP contribution is -2.21. The van der Waals surface area contributed by atoms with E-state index in [9.17, 15) is 19.7 Å². The van der Waals surface area contributed by atoms with E-state index in [1.54, 1.807) is 6.92 Å². The second kappa shape index (κ2) is 9.07. The van der Waals surface area contributed by atoms with Gasteiger partial charge in [0, 0.05) is 30.7 Å². The minimum atomic E-state index is -0.520. The predicted molar refractivity (Wildman–Crippen MR) is 97.8 cm³/mol. The summed E-state index contributed by atoms with van der Waals surface area (Å²) in [6, 6.07) is 14.8. The Labute approximate surface area is 150 Å². The molecule has 0 bridgehead atoms. The van der Waals surface area contributed by atoms with E-state index in [0.717, 1.165) is 5.56 Å². The molecule has 8 nitrogen and oxygen atoms in total. The van der Waals surface area contributed by atoms with Crippen LogP contribution in [0, 0.1) is 10.1 Å². The van der Waals surface area contributed by atoms with Crippen LogP contribution in [0.15, 0.2) is 59.7 Å². The lowest BCUT2D eigenvalue weighted by molar-refractivity contribution is -0.384. The molecule has 0 aliphatic carbocycles. The molecule has 0 aromatic heterocycles. The molecule has 0 atom stereocenters. The maximum Gasteiger partial charge on any atom is 0.269 e. The van der Waals surface area contributed by atoms with E-state index in [1.165, 1.54) is 24.3 Å². The molecule has 0 spiro atoms. The average Bonchev–Trinajstić information content (AvgIpc) is 2.65. The van der Waals surface area contributed by atoms with Crippen LogP contribution in [-0.4, -0.2) is 22.4 Å². The molecular weight excluding hydrogens is 336 g/mol. The van der Waals surface area contributed by atoms with Crippen molar-refractivity contribution in [3.05, 3.63) is 70.3 Å². The molecule has 0 aliphatic rings. The van der Waals surface area contributed by atoms with Crippen molar-refractivity contribution in [2.45, 2.75) is 19.8 Å². The highest BCUT2D eigenvalue weighted by atomic mass is 16.6. The van der Waals surface area contributed by atoms with Gasteiger partial charge in [0.2, 0.25) is 11.8 Å². The standard InChI is InChI=1S/C18H18N4O4/c1-13(14-5-3-2-4-6-14)20-21-18(24)12-11-17(23)19-15-7-9-16(10-8-15)22(25)26/h2-10H,11-12H2,1H3,(H,19,23)(H,21,24). The molecule has 0 radical (unpaired) electrons. The highest BCUT2D eigenvalue weighted by molar-refractivity contribution is 5.99. The van der Waals surface area contributed by atoms with Crippen molar-refractivity contribution >= 4 is 28.9 Å². The summed E-state index contributed by atoms with van der Waals surface area (Å²) in [6.07, 6.45) is -0.0485. The van der Waals surface area contributed by atoms with Crippen molar-refractivity contribution in [1.29, 1.82) is 0 Å². The van der Waals surface area contributed by atoms with E-state index in [2.05, 4.69) is 15.8 Å². The molecule has 0 unspecified atom stereocenters. The number of hydrogen-bond acceptors (Lipinski definition) is 5. The van der Waals surface area contributed by atoms with Crippen LogP contribution in [0.5, 0.6) is 0 Å². The molecule has 0 heterocycles. The molecule has 2 rings (SSSR count). The summed E-state index contributed by atoms with van der Waals surface area (Å²) in [6.45, 7) is 1.77. The van der Waals surface area contributed by atoms with Gasteiger partial charge in [-0.15, -0.1) is 0 Å². The Morgan fingerprint density at radius 3 is 2.23 bits per heavy atom. The van der Waals surface area contributed by atoms with Gasteiger partial charge in [-0.25, -0.2) is 5.43 Å². The first-order chi connectivity index (χ1) is 12.5. The summed E-state index contributed by atoms with van der Waals surface area (Å²) >= 11 is 0. The van der Waals surface area contributed by atoms with Crippen LogP contribution in [0.4, 0.5) is 11.4 Å². The normalized spacial score (nSPS) is 10.9. The number of hydrazone groups is 1. The Morgan fingerprint density at radius 1 is 1.00 bits per heavy atom. The number of nitrogens with one attached hydrogen (secondary N) is 2. The Bertz CT molecular complexity index is 817. The Balaban J connectivity index is 1.78. The van der Waals surface area contributed by atoms with E-state index in [4.69, 9.17) is 0 Å². The number of hydrogen-bond donors (Lipinski definition) is 2. The number of rotatable bonds is 7. The van der Waals surface area contributed by atoms with Crippen LogP contribution in [-0.2, 0) is 9.59 Å². The maximum absolute atomic E-state index is 11.8. The van der Waals surface area contributed by atoms with Gasteiger partial charge in [0.1, 0.15) is 0 Å². The molecule has 26 heavy (non-hydrogen) atoms. The van der Waals surface area contributed by atoms with Crippen LogP contribution in [0.2, 0.25) is 0 Å². The van der Waals surface area contributed by atoms with Gasteiger partial charge in [-0.1, -0.05) is 30.3 Å². The van der Waals surface area contributed by atoms with E-state index < -0.39 is 4.92 Å². The number of amides is 2. The first kappa shape index (κ1) is 18.8. The summed E-state index contributed by atoms with van der Waals surface area (Å²) in [5.74, 6) is -0.739. The second-order valence-corrected chi connectivity index (χ2v) is 5.45. The van der Waals surface area contributed by atoms with Gasteiger partial charge < -0.3 is 5.32 Å². The molecule has 134 valence electrons. The number of benzene rings is 2. The topological polar surface area (TPSA) is 114 Å². The fourth-order valence-corrected chi connectivity index (χ4v) is 2.06. The van der Waals surface area contributed by atoms with Gasteiger partial charge in [0.15, 0.2) is 0 Å². The first-order valence-corrected chi connectivity index (χ1v) is 7.88. The first-order valence-electron chi connectivity index (χ1n) is 7.88. The van der Waals surface area contributed by atoms with Crippen LogP contribution < -0.4 is 10.7 Å². The SMILES string of the molecule is CC(=NNC(=O)CCC(=O)Nc1ccc([N+](=O)[O-])cc1)c1ccccc1. The second-order valence-electron chi connectivity index (χ2n) is 5.45. The number of nitro groups is 1. The number of non-ortho nitro benzene ring substituents is 1. The number of nitro benzene ring substituents is 1. The van der Waals surface area contributed by atoms with Crippen molar-refractivity contribution < 1.29 is 14.5 Å². The van der Waals surface area contributed by atoms with E-state index in [-0.39, 0.29) is 30.3 Å². The molecule has 0 saturated carbocycles. The van der Waals surface area contributed by atoms with Crippen molar-refractivity contribution in [3.8, 4) is 0 Å². The molecule has 8 heteroatoms. The third-order valence-corrected chi connectivity index (χ3v) is 3.48. The van der Waals surface area contributed by atoms with Crippen molar-refractivity contribution in [1.82, 2.24) is 5.43 Å². The van der Waals surface area contributed by atoms with Crippen LogP contribution in [0.25, 0.3) is 0 Å². The number of carbonyl (C=O) groups is 2. The number of anilines is 1. The van der Waals surface area contributed by atoms with Crippen LogP contribution >= 0.6 is 0 Å². The zero-order chi connectivity index (χ0) is 18.9. The summed E-state index contributed by atoms with van der Waals surface area (Å²) in [7, 11) is 0. The number of nitrogens with zero attached hydrogens (tertiary/aromatic N) is 2. The fourth-order valence-electron chi connectivity index (χ4n) is 2.06. The maximum atomic E-state index is 11.8. The van der Waals surface area contributed by atoms with Gasteiger partial charge in [0.05, 0.1) is 10.6 Å². The minimum absolute atomic E-state index is 0.0234. The van der Waals surface area contributed by atoms with Crippen LogP contribution in [0.3, 0.4) is 0 Å². The molecule has 2 aromatic carbocycles. The lowest BCUT2D eigenvalue weighted by atomic mass is 10.1. The molecule has 0 saturated heterocycles. The lowest BCUT2D eigenvalue weighted by Gasteiger charge is -2.05. The number of carbonyl (C=O) groups excluding carboxylic acids is 2. The average molecular weight is 354 g/mol. The molecule has 0 aliphatic heterocycles. The fraction of sp³-hybridized carbons (Fsp3) is 0.167. The largest absolute Gasteiger partial charge is 0.326 e. The quantitative estimate of drug-likeness (QED) is 0.452. The zero-order valence-corrected chi connectivity index (χ0v) is 14.1. The third-order valence-electron chi connectivity index (χ3n) is 3.48. The van der Waals surface area contributed by atoms with Crippen LogP contribution in [0.1, 0.15) is 25.3 Å². The Kier molecular flexibility index (Phi) is 6.55. The molecule has 2 aromatic rings. The Hall–Kier alpha value is -3.55. The zero-order valence-electron chi connectivity index (χ0n) is 14.1. The van der Waals surface area contributed by atoms with E-state index in [0.29, 0.717) is 11.4 Å². The summed E-state index contributed by atoms with van der Waals surface area (Å²) < 4.78 is 0. The van der Waals surface area contributed by atoms with E-state index >= 15 is 0 Å². The molecule has 0 fully saturated rings. The van der Waals surface area contributed by atoms with Gasteiger partial charge >= 0.3 is 0 Å². The minimum Gasteiger partial charge on any atom is -0.326 e. The monoisotopic (exact) mass is 354 g/mol.